The van der Waals surface area contributed by atoms with Crippen molar-refractivity contribution in [1.29, 1.82) is 0 Å². The van der Waals surface area contributed by atoms with Gasteiger partial charge in [0, 0.05) is 6.54 Å². The van der Waals surface area contributed by atoms with Gasteiger partial charge in [0.1, 0.15) is 10.7 Å². The summed E-state index contributed by atoms with van der Waals surface area (Å²) in [5.41, 5.74) is 0. The maximum absolute atomic E-state index is 13.5. The summed E-state index contributed by atoms with van der Waals surface area (Å²) in [4.78, 5) is 10.4. The molecule has 0 aromatic heterocycles. The van der Waals surface area contributed by atoms with Gasteiger partial charge in [0.05, 0.1) is 13.2 Å². The minimum Gasteiger partial charge on any atom is -0.479 e. The summed E-state index contributed by atoms with van der Waals surface area (Å²) < 4.78 is 43.8. The smallest absolute Gasteiger partial charge is 0.334 e. The van der Waals surface area contributed by atoms with Crippen molar-refractivity contribution in [2.24, 2.45) is 0 Å². The van der Waals surface area contributed by atoms with E-state index in [0.29, 0.717) is 0 Å². The highest BCUT2D eigenvalue weighted by atomic mass is 32.2. The molecule has 1 saturated heterocycles. The number of ether oxygens (including phenoxy) is 1. The highest BCUT2D eigenvalue weighted by Crippen LogP contribution is 2.21. The van der Waals surface area contributed by atoms with Crippen molar-refractivity contribution >= 4 is 16.0 Å². The van der Waals surface area contributed by atoms with E-state index >= 15 is 0 Å². The molecule has 1 N–H and O–H groups in total. The van der Waals surface area contributed by atoms with Crippen LogP contribution in [0.1, 0.15) is 0 Å². The average molecular weight is 289 g/mol. The minimum absolute atomic E-state index is 0.000444. The van der Waals surface area contributed by atoms with Gasteiger partial charge < -0.3 is 9.84 Å². The van der Waals surface area contributed by atoms with Crippen LogP contribution >= 0.6 is 0 Å². The first-order valence-corrected chi connectivity index (χ1v) is 6.96. The molecule has 2 rings (SSSR count). The van der Waals surface area contributed by atoms with Crippen molar-refractivity contribution in [3.05, 3.63) is 30.1 Å². The third kappa shape index (κ3) is 2.75. The fourth-order valence-corrected chi connectivity index (χ4v) is 3.28. The molecule has 0 aliphatic carbocycles. The Morgan fingerprint density at radius 3 is 2.74 bits per heavy atom. The Balaban J connectivity index is 2.30. The fourth-order valence-electron chi connectivity index (χ4n) is 1.79. The monoisotopic (exact) mass is 289 g/mol. The van der Waals surface area contributed by atoms with Gasteiger partial charge in [-0.25, -0.2) is 17.6 Å². The molecule has 6 nitrogen and oxygen atoms in total. The quantitative estimate of drug-likeness (QED) is 0.865. The summed E-state index contributed by atoms with van der Waals surface area (Å²) in [6.07, 6.45) is -1.23. The van der Waals surface area contributed by atoms with Gasteiger partial charge in [-0.1, -0.05) is 12.1 Å². The predicted octanol–water partition coefficient (Wildman–Crippen LogP) is 0.300. The molecule has 0 radical (unpaired) electrons. The van der Waals surface area contributed by atoms with E-state index in [1.165, 1.54) is 12.1 Å². The Kier molecular flexibility index (Phi) is 3.83. The number of aliphatic carboxylic acids is 1. The molecule has 1 aromatic carbocycles. The molecule has 1 aliphatic rings. The summed E-state index contributed by atoms with van der Waals surface area (Å²) in [7, 11) is -4.04. The molecule has 1 fully saturated rings. The van der Waals surface area contributed by atoms with E-state index in [9.17, 15) is 17.6 Å². The average Bonchev–Trinajstić information content (AvgIpc) is 2.39. The van der Waals surface area contributed by atoms with Crippen molar-refractivity contribution in [3.8, 4) is 0 Å². The SMILES string of the molecule is O=C(O)C1CN(S(=O)(=O)c2ccccc2F)CCO1. The minimum atomic E-state index is -4.04. The molecular weight excluding hydrogens is 277 g/mol. The highest BCUT2D eigenvalue weighted by Gasteiger charge is 2.35. The zero-order valence-corrected chi connectivity index (χ0v) is 10.6. The summed E-state index contributed by atoms with van der Waals surface area (Å²) in [5.74, 6) is -2.10. The first kappa shape index (κ1) is 13.9. The third-order valence-electron chi connectivity index (χ3n) is 2.76. The van der Waals surface area contributed by atoms with Crippen molar-refractivity contribution in [2.45, 2.75) is 11.0 Å². The number of carboxylic acids is 1. The standard InChI is InChI=1S/C11H12FNO5S/c12-8-3-1-2-4-10(8)19(16,17)13-5-6-18-9(7-13)11(14)15/h1-4,9H,5-7H2,(H,14,15). The molecule has 1 heterocycles. The number of rotatable bonds is 3. The lowest BCUT2D eigenvalue weighted by atomic mass is 10.3. The summed E-state index contributed by atoms with van der Waals surface area (Å²) in [6.45, 7) is -0.364. The van der Waals surface area contributed by atoms with Crippen LogP contribution in [0.3, 0.4) is 0 Å². The van der Waals surface area contributed by atoms with E-state index in [4.69, 9.17) is 9.84 Å². The molecule has 19 heavy (non-hydrogen) atoms. The lowest BCUT2D eigenvalue weighted by Gasteiger charge is -2.30. The molecule has 1 atom stereocenters. The summed E-state index contributed by atoms with van der Waals surface area (Å²) in [5, 5.41) is 8.83. The van der Waals surface area contributed by atoms with Gasteiger partial charge in [-0.2, -0.15) is 4.31 Å². The maximum Gasteiger partial charge on any atom is 0.334 e. The largest absolute Gasteiger partial charge is 0.479 e. The topological polar surface area (TPSA) is 83.9 Å². The first-order valence-electron chi connectivity index (χ1n) is 5.52. The second-order valence-corrected chi connectivity index (χ2v) is 5.90. The molecule has 104 valence electrons. The Morgan fingerprint density at radius 2 is 2.11 bits per heavy atom. The molecule has 8 heteroatoms. The van der Waals surface area contributed by atoms with Crippen molar-refractivity contribution in [2.75, 3.05) is 19.7 Å². The van der Waals surface area contributed by atoms with Gasteiger partial charge in [-0.15, -0.1) is 0 Å². The van der Waals surface area contributed by atoms with Gasteiger partial charge in [-0.05, 0) is 12.1 Å². The number of hydrogen-bond donors (Lipinski definition) is 1. The van der Waals surface area contributed by atoms with E-state index in [1.807, 2.05) is 0 Å². The Bertz CT molecular complexity index is 589. The third-order valence-corrected chi connectivity index (χ3v) is 4.66. The van der Waals surface area contributed by atoms with Crippen LogP contribution in [-0.2, 0) is 19.6 Å². The second-order valence-electron chi connectivity index (χ2n) is 3.99. The van der Waals surface area contributed by atoms with Crippen LogP contribution in [0.2, 0.25) is 0 Å². The number of nitrogens with zero attached hydrogens (tertiary/aromatic N) is 1. The number of carbonyl (C=O) groups is 1. The van der Waals surface area contributed by atoms with E-state index in [1.54, 1.807) is 0 Å². The molecular formula is C11H12FNO5S. The Labute approximate surface area is 109 Å². The number of benzene rings is 1. The first-order chi connectivity index (χ1) is 8.93. The van der Waals surface area contributed by atoms with Crippen molar-refractivity contribution in [3.63, 3.8) is 0 Å². The van der Waals surface area contributed by atoms with Crippen LogP contribution in [-0.4, -0.2) is 49.6 Å². The lowest BCUT2D eigenvalue weighted by molar-refractivity contribution is -0.153. The number of halogens is 1. The van der Waals surface area contributed by atoms with Gasteiger partial charge in [0.25, 0.3) is 0 Å². The van der Waals surface area contributed by atoms with Crippen LogP contribution in [0.15, 0.2) is 29.2 Å². The van der Waals surface area contributed by atoms with Crippen LogP contribution in [0, 0.1) is 5.82 Å². The number of carboxylic acid groups (broad SMARTS) is 1. The van der Waals surface area contributed by atoms with Gasteiger partial charge >= 0.3 is 5.97 Å². The predicted molar refractivity (Wildman–Crippen MR) is 62.5 cm³/mol. The highest BCUT2D eigenvalue weighted by molar-refractivity contribution is 7.89. The van der Waals surface area contributed by atoms with E-state index < -0.39 is 32.8 Å². The van der Waals surface area contributed by atoms with Gasteiger partial charge in [0.15, 0.2) is 6.10 Å². The van der Waals surface area contributed by atoms with Crippen LogP contribution in [0.25, 0.3) is 0 Å². The van der Waals surface area contributed by atoms with Crippen LogP contribution in [0.5, 0.6) is 0 Å². The zero-order valence-electron chi connectivity index (χ0n) is 9.82. The number of hydrogen-bond acceptors (Lipinski definition) is 4. The number of sulfonamides is 1. The van der Waals surface area contributed by atoms with E-state index in [2.05, 4.69) is 0 Å². The zero-order chi connectivity index (χ0) is 14.0. The molecule has 0 spiro atoms. The van der Waals surface area contributed by atoms with Crippen molar-refractivity contribution in [1.82, 2.24) is 4.31 Å². The second kappa shape index (κ2) is 5.24. The molecule has 1 aromatic rings. The molecule has 1 aliphatic heterocycles. The molecule has 0 bridgehead atoms. The van der Waals surface area contributed by atoms with Crippen LogP contribution in [0.4, 0.5) is 4.39 Å². The summed E-state index contributed by atoms with van der Waals surface area (Å²) in [6, 6.07) is 4.98. The van der Waals surface area contributed by atoms with Gasteiger partial charge in [-0.3, -0.25) is 0 Å². The fraction of sp³-hybridized carbons (Fsp3) is 0.364. The lowest BCUT2D eigenvalue weighted by Crippen LogP contribution is -2.48. The molecule has 1 unspecified atom stereocenters. The van der Waals surface area contributed by atoms with Gasteiger partial charge in [0.2, 0.25) is 10.0 Å². The summed E-state index contributed by atoms with van der Waals surface area (Å²) >= 11 is 0. The van der Waals surface area contributed by atoms with Crippen molar-refractivity contribution < 1.29 is 27.4 Å². The molecule has 0 amide bonds. The van der Waals surface area contributed by atoms with E-state index in [-0.39, 0.29) is 19.7 Å². The Morgan fingerprint density at radius 1 is 1.42 bits per heavy atom. The molecule has 0 saturated carbocycles. The van der Waals surface area contributed by atoms with E-state index in [0.717, 1.165) is 16.4 Å². The Hall–Kier alpha value is -1.51. The maximum atomic E-state index is 13.5. The number of morpholine rings is 1. The van der Waals surface area contributed by atoms with Crippen LogP contribution < -0.4 is 0 Å². The normalized spacial score (nSPS) is 21.2.